The summed E-state index contributed by atoms with van der Waals surface area (Å²) in [5, 5.41) is 25.2. The topological polar surface area (TPSA) is 162 Å². The standard InChI is InChI=1S/C22H28N6O7/c1-6-7-11-34-19-25-18(27(20(30)31)21(32)35-22(2,3)4)17-24-12-13(28(17)26-19)16(29)15-14(33-5)9-8-10-23-15/h8-10,12,16,29H,6-7,11H2,1-5H3,(H,30,31). The van der Waals surface area contributed by atoms with E-state index in [0.717, 1.165) is 10.9 Å². The lowest BCUT2D eigenvalue weighted by Crippen LogP contribution is -2.41. The maximum Gasteiger partial charge on any atom is 0.425 e. The van der Waals surface area contributed by atoms with E-state index in [9.17, 15) is 19.8 Å². The van der Waals surface area contributed by atoms with Gasteiger partial charge in [-0.15, -0.1) is 5.10 Å². The molecule has 2 amide bonds. The highest BCUT2D eigenvalue weighted by molar-refractivity contribution is 6.10. The third-order valence-electron chi connectivity index (χ3n) is 4.62. The average molecular weight is 489 g/mol. The highest BCUT2D eigenvalue weighted by Gasteiger charge is 2.34. The second-order valence-electron chi connectivity index (χ2n) is 8.43. The lowest BCUT2D eigenvalue weighted by molar-refractivity contribution is 0.0581. The van der Waals surface area contributed by atoms with Crippen LogP contribution < -0.4 is 14.4 Å². The van der Waals surface area contributed by atoms with E-state index >= 15 is 0 Å². The van der Waals surface area contributed by atoms with Crippen molar-refractivity contribution in [3.8, 4) is 11.8 Å². The summed E-state index contributed by atoms with van der Waals surface area (Å²) < 4.78 is 17.3. The number of methoxy groups -OCH3 is 1. The molecule has 0 radical (unpaired) electrons. The van der Waals surface area contributed by atoms with Gasteiger partial charge < -0.3 is 24.4 Å². The van der Waals surface area contributed by atoms with Gasteiger partial charge >= 0.3 is 18.2 Å². The molecule has 1 unspecified atom stereocenters. The normalized spacial score (nSPS) is 12.3. The summed E-state index contributed by atoms with van der Waals surface area (Å²) in [4.78, 5) is 37.7. The quantitative estimate of drug-likeness (QED) is 0.448. The summed E-state index contributed by atoms with van der Waals surface area (Å²) in [5.74, 6) is -0.0655. The summed E-state index contributed by atoms with van der Waals surface area (Å²) in [6.07, 6.45) is 0.110. The molecule has 0 aliphatic heterocycles. The fourth-order valence-corrected chi connectivity index (χ4v) is 3.05. The van der Waals surface area contributed by atoms with Crippen molar-refractivity contribution in [3.63, 3.8) is 0 Å². The number of ether oxygens (including phenoxy) is 3. The minimum Gasteiger partial charge on any atom is -0.495 e. The molecule has 35 heavy (non-hydrogen) atoms. The van der Waals surface area contributed by atoms with Gasteiger partial charge in [0.25, 0.3) is 0 Å². The SMILES string of the molecule is CCCCOc1nc(N(C(=O)O)C(=O)OC(C)(C)C)c2ncc(C(O)c3ncccc3OC)n2n1. The number of imide groups is 1. The van der Waals surface area contributed by atoms with E-state index in [1.54, 1.807) is 32.9 Å². The number of unbranched alkanes of at least 4 members (excludes halogenated alkanes) is 1. The largest absolute Gasteiger partial charge is 0.495 e. The molecule has 0 saturated heterocycles. The number of fused-ring (bicyclic) bond motifs is 1. The molecule has 0 aromatic carbocycles. The summed E-state index contributed by atoms with van der Waals surface area (Å²) in [7, 11) is 1.44. The van der Waals surface area contributed by atoms with Crippen molar-refractivity contribution in [1.82, 2.24) is 24.6 Å². The van der Waals surface area contributed by atoms with Gasteiger partial charge in [-0.2, -0.15) is 9.88 Å². The minimum absolute atomic E-state index is 0.120. The Kier molecular flexibility index (Phi) is 7.69. The summed E-state index contributed by atoms with van der Waals surface area (Å²) >= 11 is 0. The van der Waals surface area contributed by atoms with Crippen LogP contribution >= 0.6 is 0 Å². The maximum atomic E-state index is 12.8. The van der Waals surface area contributed by atoms with Gasteiger partial charge in [-0.1, -0.05) is 13.3 Å². The highest BCUT2D eigenvalue weighted by atomic mass is 16.6. The molecule has 1 atom stereocenters. The van der Waals surface area contributed by atoms with Crippen molar-refractivity contribution >= 4 is 23.7 Å². The average Bonchev–Trinajstić information content (AvgIpc) is 3.21. The van der Waals surface area contributed by atoms with Crippen LogP contribution in [-0.4, -0.2) is 66.3 Å². The van der Waals surface area contributed by atoms with E-state index in [2.05, 4.69) is 20.1 Å². The second-order valence-corrected chi connectivity index (χ2v) is 8.43. The summed E-state index contributed by atoms with van der Waals surface area (Å²) in [6.45, 7) is 7.03. The maximum absolute atomic E-state index is 12.8. The lowest BCUT2D eigenvalue weighted by Gasteiger charge is -2.24. The molecule has 3 heterocycles. The van der Waals surface area contributed by atoms with Crippen LogP contribution in [0.2, 0.25) is 0 Å². The Balaban J connectivity index is 2.18. The number of nitrogens with zero attached hydrogens (tertiary/aromatic N) is 6. The zero-order valence-electron chi connectivity index (χ0n) is 20.1. The molecule has 0 saturated carbocycles. The fraction of sp³-hybridized carbons (Fsp3) is 0.455. The van der Waals surface area contributed by atoms with E-state index in [1.807, 2.05) is 6.92 Å². The Hall–Kier alpha value is -4.00. The Morgan fingerprint density at radius 2 is 2.00 bits per heavy atom. The van der Waals surface area contributed by atoms with E-state index < -0.39 is 23.9 Å². The third kappa shape index (κ3) is 5.74. The van der Waals surface area contributed by atoms with E-state index in [0.29, 0.717) is 17.1 Å². The van der Waals surface area contributed by atoms with Gasteiger partial charge in [0.15, 0.2) is 11.5 Å². The number of hydrogen-bond donors (Lipinski definition) is 2. The number of amides is 2. The van der Waals surface area contributed by atoms with Gasteiger partial charge in [-0.05, 0) is 39.3 Å². The predicted molar refractivity (Wildman–Crippen MR) is 123 cm³/mol. The number of aliphatic hydroxyl groups excluding tert-OH is 1. The Labute approximate surface area is 201 Å². The third-order valence-corrected chi connectivity index (χ3v) is 4.62. The van der Waals surface area contributed by atoms with Gasteiger partial charge in [-0.3, -0.25) is 4.98 Å². The van der Waals surface area contributed by atoms with Gasteiger partial charge in [0.05, 0.1) is 25.6 Å². The van der Waals surface area contributed by atoms with Crippen molar-refractivity contribution in [2.24, 2.45) is 0 Å². The van der Waals surface area contributed by atoms with Crippen LogP contribution in [-0.2, 0) is 4.74 Å². The molecule has 13 heteroatoms. The molecule has 0 spiro atoms. The Morgan fingerprint density at radius 3 is 2.63 bits per heavy atom. The van der Waals surface area contributed by atoms with Gasteiger partial charge in [0, 0.05) is 6.20 Å². The van der Waals surface area contributed by atoms with Crippen molar-refractivity contribution in [1.29, 1.82) is 0 Å². The smallest absolute Gasteiger partial charge is 0.425 e. The summed E-state index contributed by atoms with van der Waals surface area (Å²) in [6, 6.07) is 3.06. The first-order chi connectivity index (χ1) is 16.6. The fourth-order valence-electron chi connectivity index (χ4n) is 3.05. The molecule has 0 aliphatic carbocycles. The van der Waals surface area contributed by atoms with Crippen LogP contribution in [0.15, 0.2) is 24.5 Å². The van der Waals surface area contributed by atoms with Gasteiger partial charge in [0.2, 0.25) is 0 Å². The predicted octanol–water partition coefficient (Wildman–Crippen LogP) is 3.21. The van der Waals surface area contributed by atoms with Crippen LogP contribution in [0, 0.1) is 0 Å². The molecular formula is C22H28N6O7. The lowest BCUT2D eigenvalue weighted by atomic mass is 10.1. The molecule has 0 aliphatic rings. The number of rotatable bonds is 8. The number of pyridine rings is 1. The number of hydrogen-bond acceptors (Lipinski definition) is 10. The number of anilines is 1. The first-order valence-corrected chi connectivity index (χ1v) is 10.9. The number of carboxylic acid groups (broad SMARTS) is 1. The van der Waals surface area contributed by atoms with Crippen molar-refractivity contribution < 1.29 is 34.0 Å². The molecule has 3 aromatic heterocycles. The number of carbonyl (C=O) groups is 2. The molecule has 3 aromatic rings. The monoisotopic (exact) mass is 488 g/mol. The zero-order valence-corrected chi connectivity index (χ0v) is 20.1. The van der Waals surface area contributed by atoms with Gasteiger partial charge in [-0.25, -0.2) is 19.1 Å². The van der Waals surface area contributed by atoms with E-state index in [4.69, 9.17) is 14.2 Å². The summed E-state index contributed by atoms with van der Waals surface area (Å²) in [5.41, 5.74) is -0.783. The number of carbonyl (C=O) groups excluding carboxylic acids is 1. The van der Waals surface area contributed by atoms with Crippen LogP contribution in [0.3, 0.4) is 0 Å². The number of imidazole rings is 1. The molecule has 13 nitrogen and oxygen atoms in total. The zero-order chi connectivity index (χ0) is 25.8. The highest BCUT2D eigenvalue weighted by Crippen LogP contribution is 2.31. The molecule has 3 rings (SSSR count). The van der Waals surface area contributed by atoms with Crippen molar-refractivity contribution in [2.75, 3.05) is 18.6 Å². The molecule has 0 fully saturated rings. The van der Waals surface area contributed by atoms with Gasteiger partial charge in [0.1, 0.15) is 23.1 Å². The first kappa shape index (κ1) is 25.6. The molecular weight excluding hydrogens is 460 g/mol. The molecule has 2 N–H and O–H groups in total. The number of aromatic nitrogens is 5. The minimum atomic E-state index is -1.64. The second kappa shape index (κ2) is 10.5. The van der Waals surface area contributed by atoms with Crippen molar-refractivity contribution in [3.05, 3.63) is 35.9 Å². The van der Waals surface area contributed by atoms with E-state index in [1.165, 1.54) is 19.5 Å². The van der Waals surface area contributed by atoms with E-state index in [-0.39, 0.29) is 35.5 Å². The Morgan fingerprint density at radius 1 is 1.26 bits per heavy atom. The molecule has 188 valence electrons. The van der Waals surface area contributed by atoms with Crippen molar-refractivity contribution in [2.45, 2.75) is 52.2 Å². The number of aliphatic hydroxyl groups is 1. The molecule has 0 bridgehead atoms. The van der Waals surface area contributed by atoms with Crippen LogP contribution in [0.5, 0.6) is 11.8 Å². The van der Waals surface area contributed by atoms with Crippen LogP contribution in [0.4, 0.5) is 15.4 Å². The van der Waals surface area contributed by atoms with Crippen LogP contribution in [0.1, 0.15) is 58.0 Å². The van der Waals surface area contributed by atoms with Crippen LogP contribution in [0.25, 0.3) is 5.65 Å². The Bertz CT molecular complexity index is 1210. The first-order valence-electron chi connectivity index (χ1n) is 10.9.